The molecular weight excluding hydrogens is 490 g/mol. The van der Waals surface area contributed by atoms with Crippen LogP contribution in [0.15, 0.2) is 88.9 Å². The fourth-order valence-electron chi connectivity index (χ4n) is 4.67. The van der Waals surface area contributed by atoms with Crippen molar-refractivity contribution in [2.45, 2.75) is 4.90 Å². The Hall–Kier alpha value is -4.48. The van der Waals surface area contributed by atoms with E-state index in [4.69, 9.17) is 4.98 Å². The molecule has 6 rings (SSSR count). The largest absolute Gasteiger partial charge is 0.328 e. The first-order chi connectivity index (χ1) is 17.8. The van der Waals surface area contributed by atoms with Gasteiger partial charge in [-0.05, 0) is 55.6 Å². The third-order valence-corrected chi connectivity index (χ3v) is 8.03. The van der Waals surface area contributed by atoms with Gasteiger partial charge in [0.25, 0.3) is 0 Å². The number of sulfonamides is 1. The van der Waals surface area contributed by atoms with Crippen LogP contribution in [0.1, 0.15) is 0 Å². The number of fused-ring (bicyclic) bond motifs is 2. The number of aromatic nitrogens is 6. The number of benzene rings is 3. The van der Waals surface area contributed by atoms with Crippen LogP contribution >= 0.6 is 0 Å². The second-order valence-corrected chi connectivity index (χ2v) is 10.6. The van der Waals surface area contributed by atoms with Gasteiger partial charge >= 0.3 is 5.69 Å². The van der Waals surface area contributed by atoms with E-state index in [1.54, 1.807) is 54.0 Å². The second-order valence-electron chi connectivity index (χ2n) is 8.69. The average Bonchev–Trinajstić information content (AvgIpc) is 3.61. The van der Waals surface area contributed by atoms with Crippen molar-refractivity contribution < 1.29 is 8.42 Å². The van der Waals surface area contributed by atoms with E-state index in [2.05, 4.69) is 9.71 Å². The summed E-state index contributed by atoms with van der Waals surface area (Å²) < 4.78 is 34.4. The van der Waals surface area contributed by atoms with Gasteiger partial charge in [0, 0.05) is 25.5 Å². The Morgan fingerprint density at radius 2 is 1.57 bits per heavy atom. The van der Waals surface area contributed by atoms with Gasteiger partial charge in [-0.3, -0.25) is 18.3 Å². The van der Waals surface area contributed by atoms with Crippen LogP contribution in [0.4, 0.5) is 0 Å². The van der Waals surface area contributed by atoms with Gasteiger partial charge in [-0.25, -0.2) is 27.9 Å². The number of hydrogen-bond acceptors (Lipinski definition) is 5. The van der Waals surface area contributed by atoms with Gasteiger partial charge in [0.05, 0.1) is 39.5 Å². The van der Waals surface area contributed by atoms with Crippen molar-refractivity contribution in [3.63, 3.8) is 0 Å². The molecule has 11 heteroatoms. The molecule has 0 radical (unpaired) electrons. The van der Waals surface area contributed by atoms with Gasteiger partial charge < -0.3 is 0 Å². The molecule has 10 nitrogen and oxygen atoms in total. The molecule has 1 N–H and O–H groups in total. The van der Waals surface area contributed by atoms with Crippen molar-refractivity contribution in [2.24, 2.45) is 14.1 Å². The van der Waals surface area contributed by atoms with Crippen LogP contribution in [0.25, 0.3) is 45.0 Å². The van der Waals surface area contributed by atoms with Crippen molar-refractivity contribution >= 4 is 32.1 Å². The van der Waals surface area contributed by atoms with Crippen molar-refractivity contribution in [3.05, 3.63) is 89.7 Å². The monoisotopic (exact) mass is 513 g/mol. The van der Waals surface area contributed by atoms with Crippen LogP contribution in [0.5, 0.6) is 0 Å². The molecule has 0 aliphatic rings. The van der Waals surface area contributed by atoms with Crippen LogP contribution in [0.2, 0.25) is 0 Å². The number of rotatable bonds is 5. The summed E-state index contributed by atoms with van der Waals surface area (Å²) in [6.07, 6.45) is 3.45. The van der Waals surface area contributed by atoms with E-state index in [1.807, 2.05) is 57.7 Å². The molecule has 186 valence electrons. The topological polar surface area (TPSA) is 109 Å². The van der Waals surface area contributed by atoms with Crippen molar-refractivity contribution in [3.8, 4) is 22.9 Å². The summed E-state index contributed by atoms with van der Waals surface area (Å²) in [5, 5.41) is 0. The zero-order valence-electron chi connectivity index (χ0n) is 20.3. The maximum absolute atomic E-state index is 12.5. The van der Waals surface area contributed by atoms with Crippen LogP contribution in [-0.4, -0.2) is 43.7 Å². The molecular formula is C26H23N7O3S. The number of imidazole rings is 3. The molecule has 0 bridgehead atoms. The van der Waals surface area contributed by atoms with Crippen molar-refractivity contribution in [1.82, 2.24) is 33.0 Å². The minimum absolute atomic E-state index is 0.119. The average molecular weight is 514 g/mol. The lowest BCUT2D eigenvalue weighted by atomic mass is 10.2. The fraction of sp³-hybridized carbons (Fsp3) is 0.115. The highest BCUT2D eigenvalue weighted by Gasteiger charge is 2.21. The maximum atomic E-state index is 12.5. The fourth-order valence-corrected chi connectivity index (χ4v) is 5.42. The minimum atomic E-state index is -3.66. The number of nitrogens with zero attached hydrogens (tertiary/aromatic N) is 6. The summed E-state index contributed by atoms with van der Waals surface area (Å²) in [6.45, 7) is 0. The van der Waals surface area contributed by atoms with Crippen LogP contribution in [-0.2, 0) is 24.1 Å². The summed E-state index contributed by atoms with van der Waals surface area (Å²) >= 11 is 0. The summed E-state index contributed by atoms with van der Waals surface area (Å²) in [4.78, 5) is 21.9. The number of hydrogen-bond donors (Lipinski definition) is 1. The van der Waals surface area contributed by atoms with Gasteiger partial charge in [-0.1, -0.05) is 18.2 Å². The molecule has 6 aromatic rings. The van der Waals surface area contributed by atoms with E-state index in [9.17, 15) is 13.2 Å². The highest BCUT2D eigenvalue weighted by molar-refractivity contribution is 7.89. The molecule has 0 aliphatic carbocycles. The Labute approximate surface area is 212 Å². The number of para-hydroxylation sites is 1. The van der Waals surface area contributed by atoms with Crippen LogP contribution < -0.4 is 10.4 Å². The van der Waals surface area contributed by atoms with E-state index in [1.165, 1.54) is 7.05 Å². The van der Waals surface area contributed by atoms with E-state index < -0.39 is 10.0 Å². The Morgan fingerprint density at radius 3 is 2.32 bits per heavy atom. The molecule has 37 heavy (non-hydrogen) atoms. The smallest absolute Gasteiger partial charge is 0.296 e. The van der Waals surface area contributed by atoms with E-state index in [-0.39, 0.29) is 10.6 Å². The predicted molar refractivity (Wildman–Crippen MR) is 142 cm³/mol. The quantitative estimate of drug-likeness (QED) is 0.381. The summed E-state index contributed by atoms with van der Waals surface area (Å²) in [6, 6.07) is 20.4. The van der Waals surface area contributed by atoms with E-state index in [0.717, 1.165) is 28.1 Å². The Balaban J connectivity index is 1.67. The van der Waals surface area contributed by atoms with Gasteiger partial charge in [0.15, 0.2) is 5.82 Å². The number of aryl methyl sites for hydroxylation is 2. The Morgan fingerprint density at radius 1 is 0.838 bits per heavy atom. The van der Waals surface area contributed by atoms with Gasteiger partial charge in [-0.2, -0.15) is 0 Å². The standard InChI is InChI=1S/C26H23N7O3S/c1-27-37(35,36)19-10-12-21-20(14-19)29-25(24-15-28-16-32(24)17-7-5-4-6-8-17)33(21)18-9-11-22-23(13-18)31(3)26(34)30(22)2/h4-16,27H,1-3H3. The zero-order valence-corrected chi connectivity index (χ0v) is 21.1. The Kier molecular flexibility index (Phi) is 5.14. The summed E-state index contributed by atoms with van der Waals surface area (Å²) in [5.41, 5.74) is 5.08. The lowest BCUT2D eigenvalue weighted by Crippen LogP contribution is -2.19. The molecule has 0 unspecified atom stereocenters. The zero-order chi connectivity index (χ0) is 25.9. The molecule has 0 atom stereocenters. The minimum Gasteiger partial charge on any atom is -0.296 e. The highest BCUT2D eigenvalue weighted by atomic mass is 32.2. The van der Waals surface area contributed by atoms with Crippen LogP contribution in [0, 0.1) is 0 Å². The molecule has 3 aromatic carbocycles. The SMILES string of the molecule is CNS(=O)(=O)c1ccc2c(c1)nc(-c1cncn1-c1ccccc1)n2-c1ccc2c(c1)n(C)c(=O)n2C. The van der Waals surface area contributed by atoms with Crippen molar-refractivity contribution in [1.29, 1.82) is 0 Å². The third-order valence-electron chi connectivity index (χ3n) is 6.62. The molecule has 3 aromatic heterocycles. The first kappa shape index (κ1) is 23.0. The first-order valence-corrected chi connectivity index (χ1v) is 13.0. The summed E-state index contributed by atoms with van der Waals surface area (Å²) in [5.74, 6) is 0.579. The molecule has 0 amide bonds. The lowest BCUT2D eigenvalue weighted by molar-refractivity contribution is 0.588. The third kappa shape index (κ3) is 3.51. The van der Waals surface area contributed by atoms with E-state index >= 15 is 0 Å². The first-order valence-electron chi connectivity index (χ1n) is 11.5. The van der Waals surface area contributed by atoms with E-state index in [0.29, 0.717) is 16.9 Å². The molecule has 0 spiro atoms. The molecule has 0 saturated carbocycles. The second kappa shape index (κ2) is 8.29. The van der Waals surface area contributed by atoms with Gasteiger partial charge in [0.2, 0.25) is 10.0 Å². The van der Waals surface area contributed by atoms with Crippen LogP contribution in [0.3, 0.4) is 0 Å². The van der Waals surface area contributed by atoms with Gasteiger partial charge in [0.1, 0.15) is 5.69 Å². The lowest BCUT2D eigenvalue weighted by Gasteiger charge is -2.12. The highest BCUT2D eigenvalue weighted by Crippen LogP contribution is 2.32. The molecule has 0 fully saturated rings. The predicted octanol–water partition coefficient (Wildman–Crippen LogP) is 2.98. The Bertz CT molecular complexity index is 1980. The normalized spacial score (nSPS) is 12.1. The van der Waals surface area contributed by atoms with Gasteiger partial charge in [-0.15, -0.1) is 0 Å². The molecule has 3 heterocycles. The maximum Gasteiger partial charge on any atom is 0.328 e. The number of nitrogens with one attached hydrogen (secondary N) is 1. The summed E-state index contributed by atoms with van der Waals surface area (Å²) in [7, 11) is 1.20. The molecule has 0 aliphatic heterocycles. The van der Waals surface area contributed by atoms with Crippen molar-refractivity contribution in [2.75, 3.05) is 7.05 Å². The molecule has 0 saturated heterocycles.